The van der Waals surface area contributed by atoms with Crippen LogP contribution in [0.3, 0.4) is 0 Å². The number of anilines is 1. The van der Waals surface area contributed by atoms with Crippen molar-refractivity contribution < 1.29 is 0 Å². The van der Waals surface area contributed by atoms with E-state index in [1.807, 2.05) is 12.1 Å². The molecule has 0 saturated carbocycles. The Kier molecular flexibility index (Phi) is 3.79. The molecule has 7 heteroatoms. The molecular formula is C16H11N5S2. The number of nitrogens with zero attached hydrogens (tertiary/aromatic N) is 4. The van der Waals surface area contributed by atoms with E-state index in [1.165, 1.54) is 10.4 Å². The molecule has 0 amide bonds. The van der Waals surface area contributed by atoms with Gasteiger partial charge in [-0.25, -0.2) is 9.97 Å². The van der Waals surface area contributed by atoms with E-state index in [9.17, 15) is 0 Å². The second-order valence-electron chi connectivity index (χ2n) is 4.72. The monoisotopic (exact) mass is 337 g/mol. The molecule has 5 nitrogen and oxygen atoms in total. The molecule has 4 rings (SSSR count). The van der Waals surface area contributed by atoms with Crippen LogP contribution in [0.25, 0.3) is 20.7 Å². The molecule has 0 bridgehead atoms. The van der Waals surface area contributed by atoms with Gasteiger partial charge in [-0.05, 0) is 29.0 Å². The molecular weight excluding hydrogens is 326 g/mol. The normalized spacial score (nSPS) is 11.3. The summed E-state index contributed by atoms with van der Waals surface area (Å²) in [5.74, 6) is 0.710. The lowest BCUT2D eigenvalue weighted by atomic mass is 10.3. The van der Waals surface area contributed by atoms with Gasteiger partial charge >= 0.3 is 0 Å². The van der Waals surface area contributed by atoms with Gasteiger partial charge in [0.1, 0.15) is 6.33 Å². The van der Waals surface area contributed by atoms with E-state index < -0.39 is 0 Å². The van der Waals surface area contributed by atoms with Crippen molar-refractivity contribution >= 4 is 44.9 Å². The molecule has 0 radical (unpaired) electrons. The predicted molar refractivity (Wildman–Crippen MR) is 96.2 cm³/mol. The number of hydrazone groups is 1. The molecule has 4 aromatic heterocycles. The summed E-state index contributed by atoms with van der Waals surface area (Å²) < 4.78 is 0.997. The van der Waals surface area contributed by atoms with Gasteiger partial charge in [0.05, 0.1) is 16.4 Å². The standard InChI is InChI=1S/C16H11N5S2/c1-2-11(7-17-4-1)8-20-21-16-15-13(18-10-19-16)6-14(23-15)12-3-5-22-9-12/h1-10H,(H,18,19,21)/b20-8+. The molecule has 4 heterocycles. The van der Waals surface area contributed by atoms with Gasteiger partial charge in [0, 0.05) is 28.4 Å². The Morgan fingerprint density at radius 1 is 1.22 bits per heavy atom. The van der Waals surface area contributed by atoms with Gasteiger partial charge in [0.2, 0.25) is 0 Å². The van der Waals surface area contributed by atoms with E-state index in [1.54, 1.807) is 47.6 Å². The predicted octanol–water partition coefficient (Wildman–Crippen LogP) is 4.26. The fraction of sp³-hybridized carbons (Fsp3) is 0. The van der Waals surface area contributed by atoms with Gasteiger partial charge in [0.15, 0.2) is 5.82 Å². The molecule has 4 aromatic rings. The Bertz CT molecular complexity index is 945. The van der Waals surface area contributed by atoms with Crippen LogP contribution in [0.4, 0.5) is 5.82 Å². The lowest BCUT2D eigenvalue weighted by molar-refractivity contribution is 1.19. The average Bonchev–Trinajstić information content (AvgIpc) is 3.25. The quantitative estimate of drug-likeness (QED) is 0.446. The number of thiophene rings is 2. The maximum atomic E-state index is 4.34. The number of rotatable bonds is 4. The molecule has 0 aliphatic rings. The number of pyridine rings is 1. The van der Waals surface area contributed by atoms with E-state index in [-0.39, 0.29) is 0 Å². The Morgan fingerprint density at radius 3 is 3.04 bits per heavy atom. The van der Waals surface area contributed by atoms with Crippen LogP contribution < -0.4 is 5.43 Å². The number of aromatic nitrogens is 3. The second kappa shape index (κ2) is 6.23. The lowest BCUT2D eigenvalue weighted by Gasteiger charge is -1.99. The fourth-order valence-corrected chi connectivity index (χ4v) is 3.88. The highest BCUT2D eigenvalue weighted by molar-refractivity contribution is 7.23. The van der Waals surface area contributed by atoms with Crippen molar-refractivity contribution in [1.29, 1.82) is 0 Å². The molecule has 0 atom stereocenters. The van der Waals surface area contributed by atoms with Crippen molar-refractivity contribution in [2.45, 2.75) is 0 Å². The number of fused-ring (bicyclic) bond motifs is 1. The summed E-state index contributed by atoms with van der Waals surface area (Å²) in [6.07, 6.45) is 6.75. The first-order valence-electron chi connectivity index (χ1n) is 6.86. The summed E-state index contributed by atoms with van der Waals surface area (Å²) in [6.45, 7) is 0. The Hall–Kier alpha value is -2.64. The summed E-state index contributed by atoms with van der Waals surface area (Å²) in [5.41, 5.74) is 6.06. The smallest absolute Gasteiger partial charge is 0.167 e. The average molecular weight is 337 g/mol. The molecule has 0 unspecified atom stereocenters. The van der Waals surface area contributed by atoms with Crippen molar-refractivity contribution in [3.63, 3.8) is 0 Å². The maximum Gasteiger partial charge on any atom is 0.167 e. The highest BCUT2D eigenvalue weighted by Crippen LogP contribution is 2.36. The Labute approximate surface area is 140 Å². The van der Waals surface area contributed by atoms with Gasteiger partial charge < -0.3 is 0 Å². The zero-order chi connectivity index (χ0) is 15.5. The van der Waals surface area contributed by atoms with Crippen LogP contribution in [0.1, 0.15) is 5.56 Å². The van der Waals surface area contributed by atoms with Gasteiger partial charge in [-0.15, -0.1) is 11.3 Å². The third-order valence-electron chi connectivity index (χ3n) is 3.19. The molecule has 0 saturated heterocycles. The van der Waals surface area contributed by atoms with Crippen molar-refractivity contribution in [2.75, 3.05) is 5.43 Å². The minimum Gasteiger partial charge on any atom is -0.264 e. The van der Waals surface area contributed by atoms with Crippen molar-refractivity contribution in [3.8, 4) is 10.4 Å². The van der Waals surface area contributed by atoms with E-state index in [0.29, 0.717) is 5.82 Å². The lowest BCUT2D eigenvalue weighted by Crippen LogP contribution is -1.94. The molecule has 1 N–H and O–H groups in total. The first kappa shape index (κ1) is 14.0. The van der Waals surface area contributed by atoms with Crippen LogP contribution in [0, 0.1) is 0 Å². The SMILES string of the molecule is C(=N\Nc1ncnc2cc(-c3ccsc3)sc12)/c1cccnc1. The third kappa shape index (κ3) is 2.96. The van der Waals surface area contributed by atoms with Gasteiger partial charge in [-0.1, -0.05) is 6.07 Å². The molecule has 23 heavy (non-hydrogen) atoms. The maximum absolute atomic E-state index is 4.34. The van der Waals surface area contributed by atoms with Gasteiger partial charge in [0.25, 0.3) is 0 Å². The fourth-order valence-electron chi connectivity index (χ4n) is 2.10. The first-order chi connectivity index (χ1) is 11.4. The van der Waals surface area contributed by atoms with Crippen LogP contribution in [0.2, 0.25) is 0 Å². The molecule has 112 valence electrons. The van der Waals surface area contributed by atoms with E-state index in [4.69, 9.17) is 0 Å². The molecule has 0 aliphatic carbocycles. The van der Waals surface area contributed by atoms with Crippen LogP contribution in [0.5, 0.6) is 0 Å². The van der Waals surface area contributed by atoms with Crippen molar-refractivity contribution in [3.05, 3.63) is 59.3 Å². The first-order valence-corrected chi connectivity index (χ1v) is 8.62. The summed E-state index contributed by atoms with van der Waals surface area (Å²) >= 11 is 3.35. The van der Waals surface area contributed by atoms with Crippen molar-refractivity contribution in [1.82, 2.24) is 15.0 Å². The Balaban J connectivity index is 1.63. The summed E-state index contributed by atoms with van der Waals surface area (Å²) in [4.78, 5) is 13.9. The summed E-state index contributed by atoms with van der Waals surface area (Å²) in [5, 5.41) is 8.44. The number of hydrogen-bond acceptors (Lipinski definition) is 7. The van der Waals surface area contributed by atoms with Gasteiger partial charge in [-0.2, -0.15) is 16.4 Å². The topological polar surface area (TPSA) is 63.1 Å². The highest BCUT2D eigenvalue weighted by atomic mass is 32.1. The van der Waals surface area contributed by atoms with Crippen molar-refractivity contribution in [2.24, 2.45) is 5.10 Å². The molecule has 0 spiro atoms. The minimum absolute atomic E-state index is 0.710. The van der Waals surface area contributed by atoms with Crippen LogP contribution in [-0.4, -0.2) is 21.2 Å². The third-order valence-corrected chi connectivity index (χ3v) is 5.05. The molecule has 0 aliphatic heterocycles. The number of hydrogen-bond donors (Lipinski definition) is 1. The summed E-state index contributed by atoms with van der Waals surface area (Å²) in [7, 11) is 0. The van der Waals surface area contributed by atoms with Crippen LogP contribution in [-0.2, 0) is 0 Å². The Morgan fingerprint density at radius 2 is 2.22 bits per heavy atom. The largest absolute Gasteiger partial charge is 0.264 e. The van der Waals surface area contributed by atoms with E-state index in [2.05, 4.69) is 48.4 Å². The van der Waals surface area contributed by atoms with Gasteiger partial charge in [-0.3, -0.25) is 10.4 Å². The zero-order valence-corrected chi connectivity index (χ0v) is 13.5. The molecule has 0 aromatic carbocycles. The second-order valence-corrected chi connectivity index (χ2v) is 6.55. The molecule has 0 fully saturated rings. The highest BCUT2D eigenvalue weighted by Gasteiger charge is 2.10. The van der Waals surface area contributed by atoms with E-state index in [0.717, 1.165) is 15.8 Å². The van der Waals surface area contributed by atoms with Crippen LogP contribution in [0.15, 0.2) is 58.8 Å². The minimum atomic E-state index is 0.710. The van der Waals surface area contributed by atoms with E-state index >= 15 is 0 Å². The van der Waals surface area contributed by atoms with Crippen LogP contribution >= 0.6 is 22.7 Å². The summed E-state index contributed by atoms with van der Waals surface area (Å²) in [6, 6.07) is 8.00. The number of nitrogens with one attached hydrogen (secondary N) is 1. The zero-order valence-electron chi connectivity index (χ0n) is 11.9.